The fraction of sp³-hybridized carbons (Fsp3) is 0.174. The fourth-order valence-corrected chi connectivity index (χ4v) is 3.35. The second-order valence-corrected chi connectivity index (χ2v) is 6.81. The summed E-state index contributed by atoms with van der Waals surface area (Å²) in [6, 6.07) is 13.4. The lowest BCUT2D eigenvalue weighted by Gasteiger charge is -2.15. The highest BCUT2D eigenvalue weighted by Gasteiger charge is 2.20. The van der Waals surface area contributed by atoms with Crippen molar-refractivity contribution in [2.45, 2.75) is 20.0 Å². The highest BCUT2D eigenvalue weighted by molar-refractivity contribution is 5.97. The molecule has 30 heavy (non-hydrogen) atoms. The van der Waals surface area contributed by atoms with E-state index in [2.05, 4.69) is 4.74 Å². The van der Waals surface area contributed by atoms with E-state index in [-0.39, 0.29) is 11.1 Å². The Balaban J connectivity index is 1.92. The Morgan fingerprint density at radius 2 is 1.77 bits per heavy atom. The summed E-state index contributed by atoms with van der Waals surface area (Å²) in [6.07, 6.45) is -0.839. The quantitative estimate of drug-likeness (QED) is 0.375. The molecule has 7 heteroatoms. The molecule has 2 aromatic heterocycles. The van der Waals surface area contributed by atoms with Gasteiger partial charge in [-0.2, -0.15) is 0 Å². The van der Waals surface area contributed by atoms with E-state index in [4.69, 9.17) is 13.6 Å². The predicted molar refractivity (Wildman–Crippen MR) is 111 cm³/mol. The minimum absolute atomic E-state index is 0.252. The lowest BCUT2D eigenvalue weighted by Crippen LogP contribution is -2.25. The van der Waals surface area contributed by atoms with Crippen molar-refractivity contribution in [1.29, 1.82) is 0 Å². The van der Waals surface area contributed by atoms with Gasteiger partial charge >= 0.3 is 17.2 Å². The van der Waals surface area contributed by atoms with Crippen molar-refractivity contribution in [2.24, 2.45) is 0 Å². The van der Waals surface area contributed by atoms with E-state index in [1.54, 1.807) is 44.2 Å². The number of carbonyl (C=O) groups is 1. The second kappa shape index (κ2) is 7.51. The van der Waals surface area contributed by atoms with Gasteiger partial charge < -0.3 is 18.3 Å². The smallest absolute Gasteiger partial charge is 0.346 e. The molecule has 0 fully saturated rings. The molecule has 0 aliphatic heterocycles. The monoisotopic (exact) mass is 406 g/mol. The number of hydrogen-bond acceptors (Lipinski definition) is 7. The first-order valence-corrected chi connectivity index (χ1v) is 9.24. The number of benzene rings is 2. The summed E-state index contributed by atoms with van der Waals surface area (Å²) in [5.41, 5.74) is 0.720. The standard InChI is InChI=1S/C23H18O7/c1-12-18(28-13(2)22(25)27-3)9-8-15-16(11-20(24)30-21(12)15)17-10-14-6-4-5-7-19(14)29-23(17)26/h4-11,13H,1-3H3. The van der Waals surface area contributed by atoms with Crippen LogP contribution in [0, 0.1) is 6.92 Å². The van der Waals surface area contributed by atoms with Gasteiger partial charge in [-0.3, -0.25) is 0 Å². The molecule has 0 radical (unpaired) electrons. The largest absolute Gasteiger partial charge is 0.479 e. The zero-order valence-corrected chi connectivity index (χ0v) is 16.6. The molecule has 0 spiro atoms. The van der Waals surface area contributed by atoms with Crippen LogP contribution >= 0.6 is 0 Å². The molecule has 0 aliphatic carbocycles. The average molecular weight is 406 g/mol. The average Bonchev–Trinajstić information content (AvgIpc) is 2.74. The van der Waals surface area contributed by atoms with Crippen LogP contribution < -0.4 is 16.0 Å². The normalized spacial score (nSPS) is 12.1. The van der Waals surface area contributed by atoms with Crippen molar-refractivity contribution >= 4 is 27.9 Å². The number of para-hydroxylation sites is 1. The summed E-state index contributed by atoms with van der Waals surface area (Å²) in [7, 11) is 1.27. The van der Waals surface area contributed by atoms with Gasteiger partial charge in [-0.25, -0.2) is 14.4 Å². The Hall–Kier alpha value is -3.87. The van der Waals surface area contributed by atoms with Crippen LogP contribution in [0.3, 0.4) is 0 Å². The molecule has 1 unspecified atom stereocenters. The van der Waals surface area contributed by atoms with Crippen LogP contribution in [0.25, 0.3) is 33.1 Å². The third-order valence-corrected chi connectivity index (χ3v) is 4.88. The van der Waals surface area contributed by atoms with Crippen molar-refractivity contribution in [1.82, 2.24) is 0 Å². The summed E-state index contributed by atoms with van der Waals surface area (Å²) in [4.78, 5) is 36.6. The molecular formula is C23H18O7. The maximum absolute atomic E-state index is 12.6. The van der Waals surface area contributed by atoms with Crippen LogP contribution in [-0.2, 0) is 9.53 Å². The molecule has 0 saturated heterocycles. The number of fused-ring (bicyclic) bond motifs is 2. The number of ether oxygens (including phenoxy) is 2. The molecule has 0 aliphatic rings. The van der Waals surface area contributed by atoms with Crippen LogP contribution in [0.1, 0.15) is 12.5 Å². The highest BCUT2D eigenvalue weighted by atomic mass is 16.6. The number of carbonyl (C=O) groups excluding carboxylic acids is 1. The van der Waals surface area contributed by atoms with Crippen LogP contribution in [0.5, 0.6) is 5.75 Å². The third-order valence-electron chi connectivity index (χ3n) is 4.88. The van der Waals surface area contributed by atoms with Gasteiger partial charge in [-0.15, -0.1) is 0 Å². The van der Waals surface area contributed by atoms with E-state index >= 15 is 0 Å². The van der Waals surface area contributed by atoms with E-state index < -0.39 is 23.3 Å². The highest BCUT2D eigenvalue weighted by Crippen LogP contribution is 2.33. The molecule has 152 valence electrons. The molecule has 0 bridgehead atoms. The zero-order valence-electron chi connectivity index (χ0n) is 16.6. The molecule has 4 rings (SSSR count). The minimum atomic E-state index is -0.839. The van der Waals surface area contributed by atoms with Crippen LogP contribution in [-0.4, -0.2) is 19.2 Å². The molecule has 4 aromatic rings. The predicted octanol–water partition coefficient (Wildman–Crippen LogP) is 3.82. The van der Waals surface area contributed by atoms with Gasteiger partial charge in [0.05, 0.1) is 12.7 Å². The topological polar surface area (TPSA) is 96.0 Å². The number of aryl methyl sites for hydroxylation is 1. The van der Waals surface area contributed by atoms with Gasteiger partial charge in [0, 0.05) is 28.0 Å². The van der Waals surface area contributed by atoms with Gasteiger partial charge in [0.15, 0.2) is 6.10 Å². The van der Waals surface area contributed by atoms with Crippen LogP contribution in [0.4, 0.5) is 0 Å². The van der Waals surface area contributed by atoms with E-state index in [1.807, 2.05) is 12.1 Å². The molecule has 0 amide bonds. The Morgan fingerprint density at radius 1 is 1.00 bits per heavy atom. The maximum atomic E-state index is 12.6. The Morgan fingerprint density at radius 3 is 2.53 bits per heavy atom. The number of rotatable bonds is 4. The molecule has 2 aromatic carbocycles. The molecule has 7 nitrogen and oxygen atoms in total. The first-order valence-electron chi connectivity index (χ1n) is 9.24. The van der Waals surface area contributed by atoms with Crippen LogP contribution in [0.15, 0.2) is 67.0 Å². The van der Waals surface area contributed by atoms with E-state index in [9.17, 15) is 14.4 Å². The van der Waals surface area contributed by atoms with Gasteiger partial charge in [-0.05, 0) is 38.1 Å². The summed E-state index contributed by atoms with van der Waals surface area (Å²) >= 11 is 0. The van der Waals surface area contributed by atoms with Crippen LogP contribution in [0.2, 0.25) is 0 Å². The molecule has 1 atom stereocenters. The Kier molecular flexibility index (Phi) is 4.87. The van der Waals surface area contributed by atoms with Gasteiger partial charge in [0.2, 0.25) is 0 Å². The Bertz CT molecular complexity index is 1390. The Labute approximate surface area is 170 Å². The zero-order chi connectivity index (χ0) is 21.4. The van der Waals surface area contributed by atoms with Crippen molar-refractivity contribution < 1.29 is 23.1 Å². The summed E-state index contributed by atoms with van der Waals surface area (Å²) in [5.74, 6) is -0.162. The van der Waals surface area contributed by atoms with E-state index in [0.29, 0.717) is 27.8 Å². The summed E-state index contributed by atoms with van der Waals surface area (Å²) in [6.45, 7) is 3.26. The molecule has 0 N–H and O–H groups in total. The minimum Gasteiger partial charge on any atom is -0.479 e. The van der Waals surface area contributed by atoms with E-state index in [1.165, 1.54) is 13.2 Å². The van der Waals surface area contributed by atoms with Gasteiger partial charge in [0.25, 0.3) is 0 Å². The van der Waals surface area contributed by atoms with Crippen molar-refractivity contribution in [3.05, 3.63) is 74.9 Å². The first-order chi connectivity index (χ1) is 14.4. The van der Waals surface area contributed by atoms with Crippen molar-refractivity contribution in [2.75, 3.05) is 7.11 Å². The summed E-state index contributed by atoms with van der Waals surface area (Å²) in [5, 5.41) is 1.28. The summed E-state index contributed by atoms with van der Waals surface area (Å²) < 4.78 is 21.2. The third kappa shape index (κ3) is 3.34. The van der Waals surface area contributed by atoms with E-state index in [0.717, 1.165) is 5.39 Å². The van der Waals surface area contributed by atoms with Gasteiger partial charge in [-0.1, -0.05) is 18.2 Å². The lowest BCUT2D eigenvalue weighted by molar-refractivity contribution is -0.147. The molecule has 2 heterocycles. The first kappa shape index (κ1) is 19.4. The number of hydrogen-bond donors (Lipinski definition) is 0. The number of methoxy groups -OCH3 is 1. The van der Waals surface area contributed by atoms with Gasteiger partial charge in [0.1, 0.15) is 16.9 Å². The maximum Gasteiger partial charge on any atom is 0.346 e. The lowest BCUT2D eigenvalue weighted by atomic mass is 10.0. The molecular weight excluding hydrogens is 388 g/mol. The van der Waals surface area contributed by atoms with Crippen molar-refractivity contribution in [3.8, 4) is 16.9 Å². The second-order valence-electron chi connectivity index (χ2n) is 6.81. The molecule has 0 saturated carbocycles. The van der Waals surface area contributed by atoms with Crippen molar-refractivity contribution in [3.63, 3.8) is 0 Å². The fourth-order valence-electron chi connectivity index (χ4n) is 3.35. The number of esters is 1. The SMILES string of the molecule is COC(=O)C(C)Oc1ccc2c(-c3cc4ccccc4oc3=O)cc(=O)oc2c1C.